The lowest BCUT2D eigenvalue weighted by Crippen LogP contribution is -2.38. The van der Waals surface area contributed by atoms with E-state index in [9.17, 15) is 18.0 Å². The summed E-state index contributed by atoms with van der Waals surface area (Å²) in [6.07, 6.45) is 0.387. The van der Waals surface area contributed by atoms with Crippen LogP contribution in [0.1, 0.15) is 17.2 Å². The van der Waals surface area contributed by atoms with Crippen molar-refractivity contribution in [1.82, 2.24) is 5.32 Å². The first-order chi connectivity index (χ1) is 13.4. The van der Waals surface area contributed by atoms with Gasteiger partial charge in [0.05, 0.1) is 11.5 Å². The van der Waals surface area contributed by atoms with Gasteiger partial charge in [0.2, 0.25) is 0 Å². The predicted octanol–water partition coefficient (Wildman–Crippen LogP) is 2.37. The number of rotatable bonds is 7. The van der Waals surface area contributed by atoms with Crippen molar-refractivity contribution in [2.24, 2.45) is 0 Å². The maximum atomic E-state index is 12.7. The topological polar surface area (TPSA) is 89.5 Å². The van der Waals surface area contributed by atoms with E-state index in [-0.39, 0.29) is 11.5 Å². The van der Waals surface area contributed by atoms with Crippen molar-refractivity contribution in [3.05, 3.63) is 66.2 Å². The lowest BCUT2D eigenvalue weighted by molar-refractivity contribution is -0.148. The van der Waals surface area contributed by atoms with Gasteiger partial charge in [0.15, 0.2) is 16.4 Å². The molecule has 0 spiro atoms. The molecule has 28 heavy (non-hydrogen) atoms. The standard InChI is InChI=1S/C20H21NO5S2/c22-18(21-16-11-12-28(24,25)14-16)13-26-20(23)19(15-7-3-1-4-8-15)27-17-9-5-2-6-10-17/h1-10,16,19H,11-14H2,(H,21,22)/t16-,19+/m0/s1. The number of carbonyl (C=O) groups excluding carboxylic acids is 2. The van der Waals surface area contributed by atoms with Gasteiger partial charge in [-0.3, -0.25) is 9.59 Å². The molecule has 0 aromatic heterocycles. The normalized spacial score (nSPS) is 18.9. The average molecular weight is 420 g/mol. The van der Waals surface area contributed by atoms with Crippen LogP contribution in [0.15, 0.2) is 65.6 Å². The van der Waals surface area contributed by atoms with Crippen LogP contribution >= 0.6 is 11.8 Å². The highest BCUT2D eigenvalue weighted by Gasteiger charge is 2.29. The van der Waals surface area contributed by atoms with Crippen LogP contribution < -0.4 is 5.32 Å². The number of carbonyl (C=O) groups is 2. The Morgan fingerprint density at radius 2 is 1.71 bits per heavy atom. The minimum absolute atomic E-state index is 0.0663. The van der Waals surface area contributed by atoms with Crippen molar-refractivity contribution >= 4 is 33.5 Å². The Kier molecular flexibility index (Phi) is 6.74. The zero-order valence-electron chi connectivity index (χ0n) is 15.1. The molecule has 2 aromatic carbocycles. The molecule has 0 unspecified atom stereocenters. The molecule has 1 heterocycles. The van der Waals surface area contributed by atoms with Crippen molar-refractivity contribution in [2.75, 3.05) is 18.1 Å². The molecular weight excluding hydrogens is 398 g/mol. The predicted molar refractivity (Wildman–Crippen MR) is 108 cm³/mol. The Morgan fingerprint density at radius 1 is 1.07 bits per heavy atom. The Bertz CT molecular complexity index is 916. The quantitative estimate of drug-likeness (QED) is 0.547. The van der Waals surface area contributed by atoms with E-state index in [0.29, 0.717) is 6.42 Å². The molecule has 1 aliphatic heterocycles. The molecule has 148 valence electrons. The lowest BCUT2D eigenvalue weighted by Gasteiger charge is -2.17. The maximum Gasteiger partial charge on any atom is 0.324 e. The molecule has 0 aliphatic carbocycles. The van der Waals surface area contributed by atoms with Crippen LogP contribution in [0.3, 0.4) is 0 Å². The second-order valence-corrected chi connectivity index (χ2v) is 9.90. The van der Waals surface area contributed by atoms with Gasteiger partial charge in [-0.05, 0) is 24.1 Å². The first kappa shape index (κ1) is 20.4. The van der Waals surface area contributed by atoms with Crippen LogP contribution in [-0.2, 0) is 24.2 Å². The molecule has 1 aliphatic rings. The van der Waals surface area contributed by atoms with Crippen molar-refractivity contribution in [3.63, 3.8) is 0 Å². The van der Waals surface area contributed by atoms with E-state index >= 15 is 0 Å². The maximum absolute atomic E-state index is 12.7. The van der Waals surface area contributed by atoms with Gasteiger partial charge in [0.1, 0.15) is 5.25 Å². The van der Waals surface area contributed by atoms with Crippen LogP contribution in [0.2, 0.25) is 0 Å². The van der Waals surface area contributed by atoms with Gasteiger partial charge in [-0.2, -0.15) is 0 Å². The SMILES string of the molecule is O=C(COC(=O)[C@H](Sc1ccccc1)c1ccccc1)N[C@H]1CCS(=O)(=O)C1. The number of ether oxygens (including phenoxy) is 1. The van der Waals surface area contributed by atoms with Crippen LogP contribution in [-0.4, -0.2) is 44.4 Å². The lowest BCUT2D eigenvalue weighted by atomic mass is 10.1. The van der Waals surface area contributed by atoms with E-state index in [0.717, 1.165) is 10.5 Å². The number of sulfone groups is 1. The number of nitrogens with one attached hydrogen (secondary N) is 1. The highest BCUT2D eigenvalue weighted by molar-refractivity contribution is 8.00. The van der Waals surface area contributed by atoms with Crippen molar-refractivity contribution in [3.8, 4) is 0 Å². The fourth-order valence-electron chi connectivity index (χ4n) is 2.91. The van der Waals surface area contributed by atoms with E-state index in [1.807, 2.05) is 60.7 Å². The van der Waals surface area contributed by atoms with Gasteiger partial charge in [0.25, 0.3) is 5.91 Å². The van der Waals surface area contributed by atoms with Gasteiger partial charge in [-0.25, -0.2) is 8.42 Å². The van der Waals surface area contributed by atoms with E-state index in [1.165, 1.54) is 11.8 Å². The molecule has 1 fully saturated rings. The summed E-state index contributed by atoms with van der Waals surface area (Å²) in [5, 5.41) is 2.01. The molecule has 1 saturated heterocycles. The van der Waals surface area contributed by atoms with Gasteiger partial charge < -0.3 is 10.1 Å². The molecule has 0 saturated carbocycles. The Labute approximate surface area is 168 Å². The summed E-state index contributed by atoms with van der Waals surface area (Å²) >= 11 is 1.35. The van der Waals surface area contributed by atoms with Crippen molar-refractivity contribution in [2.45, 2.75) is 22.6 Å². The average Bonchev–Trinajstić information content (AvgIpc) is 3.04. The van der Waals surface area contributed by atoms with Gasteiger partial charge in [-0.15, -0.1) is 11.8 Å². The molecule has 0 radical (unpaired) electrons. The molecule has 6 nitrogen and oxygen atoms in total. The number of benzene rings is 2. The summed E-state index contributed by atoms with van der Waals surface area (Å²) in [5.41, 5.74) is 0.781. The molecule has 2 aromatic rings. The second kappa shape index (κ2) is 9.25. The van der Waals surface area contributed by atoms with E-state index in [4.69, 9.17) is 4.74 Å². The van der Waals surface area contributed by atoms with Crippen LogP contribution in [0.4, 0.5) is 0 Å². The molecule has 8 heteroatoms. The first-order valence-corrected chi connectivity index (χ1v) is 11.6. The minimum atomic E-state index is -3.08. The van der Waals surface area contributed by atoms with Gasteiger partial charge in [-0.1, -0.05) is 48.5 Å². The molecule has 0 bridgehead atoms. The number of hydrogen-bond acceptors (Lipinski definition) is 6. The molecule has 3 rings (SSSR count). The smallest absolute Gasteiger partial charge is 0.324 e. The summed E-state index contributed by atoms with van der Waals surface area (Å²) in [7, 11) is -3.08. The zero-order valence-corrected chi connectivity index (χ0v) is 16.7. The number of thioether (sulfide) groups is 1. The largest absolute Gasteiger partial charge is 0.454 e. The van der Waals surface area contributed by atoms with Crippen molar-refractivity contribution in [1.29, 1.82) is 0 Å². The third-order valence-corrected chi connectivity index (χ3v) is 7.27. The van der Waals surface area contributed by atoms with Crippen LogP contribution in [0.5, 0.6) is 0 Å². The van der Waals surface area contributed by atoms with E-state index in [1.54, 1.807) is 0 Å². The zero-order chi connectivity index (χ0) is 20.0. The fourth-order valence-corrected chi connectivity index (χ4v) is 5.62. The van der Waals surface area contributed by atoms with Crippen LogP contribution in [0.25, 0.3) is 0 Å². The number of esters is 1. The Balaban J connectivity index is 1.60. The van der Waals surface area contributed by atoms with E-state index in [2.05, 4.69) is 5.32 Å². The van der Waals surface area contributed by atoms with Crippen LogP contribution in [0, 0.1) is 0 Å². The molecule has 2 atom stereocenters. The first-order valence-electron chi connectivity index (χ1n) is 8.86. The Morgan fingerprint density at radius 3 is 2.32 bits per heavy atom. The van der Waals surface area contributed by atoms with E-state index < -0.39 is 39.6 Å². The third kappa shape index (κ3) is 5.84. The Hall–Kier alpha value is -2.32. The summed E-state index contributed by atoms with van der Waals surface area (Å²) in [6.45, 7) is -0.436. The summed E-state index contributed by atoms with van der Waals surface area (Å²) in [6, 6.07) is 18.3. The third-order valence-electron chi connectivity index (χ3n) is 4.26. The monoisotopic (exact) mass is 419 g/mol. The molecular formula is C20H21NO5S2. The van der Waals surface area contributed by atoms with Gasteiger partial charge >= 0.3 is 5.97 Å². The highest BCUT2D eigenvalue weighted by Crippen LogP contribution is 2.36. The fraction of sp³-hybridized carbons (Fsp3) is 0.300. The van der Waals surface area contributed by atoms with Gasteiger partial charge in [0, 0.05) is 10.9 Å². The summed E-state index contributed by atoms with van der Waals surface area (Å²) in [5.74, 6) is -1.01. The minimum Gasteiger partial charge on any atom is -0.454 e. The van der Waals surface area contributed by atoms with Crippen molar-refractivity contribution < 1.29 is 22.7 Å². The number of amides is 1. The molecule has 1 N–H and O–H groups in total. The highest BCUT2D eigenvalue weighted by atomic mass is 32.2. The molecule has 1 amide bonds. The summed E-state index contributed by atoms with van der Waals surface area (Å²) in [4.78, 5) is 25.6. The second-order valence-electron chi connectivity index (χ2n) is 6.50. The summed E-state index contributed by atoms with van der Waals surface area (Å²) < 4.78 is 28.2. The number of hydrogen-bond donors (Lipinski definition) is 1.